The molecule has 0 spiro atoms. The second-order valence-corrected chi connectivity index (χ2v) is 8.41. The fraction of sp³-hybridized carbons (Fsp3) is 0.417. The van der Waals surface area contributed by atoms with Gasteiger partial charge in [0.15, 0.2) is 5.82 Å². The summed E-state index contributed by atoms with van der Waals surface area (Å²) in [7, 11) is 1.65. The van der Waals surface area contributed by atoms with Crippen molar-refractivity contribution in [3.05, 3.63) is 59.4 Å². The minimum absolute atomic E-state index is 0.0210. The van der Waals surface area contributed by atoms with E-state index in [-0.39, 0.29) is 18.9 Å². The van der Waals surface area contributed by atoms with Gasteiger partial charge in [0.1, 0.15) is 11.6 Å². The molecule has 3 aromatic rings. The highest BCUT2D eigenvalue weighted by atomic mass is 19.3. The van der Waals surface area contributed by atoms with E-state index in [1.807, 2.05) is 56.3 Å². The molecular weight excluding hydrogens is 412 g/mol. The van der Waals surface area contributed by atoms with Crippen LogP contribution in [-0.4, -0.2) is 33.8 Å². The van der Waals surface area contributed by atoms with Crippen LogP contribution >= 0.6 is 0 Å². The summed E-state index contributed by atoms with van der Waals surface area (Å²) in [6.45, 7) is 4.55. The van der Waals surface area contributed by atoms with E-state index in [0.29, 0.717) is 31.0 Å². The van der Waals surface area contributed by atoms with Crippen LogP contribution in [0.5, 0.6) is 5.75 Å². The Morgan fingerprint density at radius 2 is 1.81 bits per heavy atom. The van der Waals surface area contributed by atoms with E-state index in [4.69, 9.17) is 9.72 Å². The number of anilines is 2. The second kappa shape index (κ2) is 9.14. The average molecular weight is 442 g/mol. The first-order chi connectivity index (χ1) is 15.3. The van der Waals surface area contributed by atoms with Crippen molar-refractivity contribution in [1.82, 2.24) is 14.8 Å². The third-order valence-electron chi connectivity index (χ3n) is 5.76. The van der Waals surface area contributed by atoms with Crippen LogP contribution in [0.1, 0.15) is 42.6 Å². The summed E-state index contributed by atoms with van der Waals surface area (Å²) >= 11 is 0. The topological polar surface area (TPSA) is 64.0 Å². The van der Waals surface area contributed by atoms with Gasteiger partial charge in [-0.25, -0.2) is 18.4 Å². The molecule has 32 heavy (non-hydrogen) atoms. The Labute approximate surface area is 187 Å². The summed E-state index contributed by atoms with van der Waals surface area (Å²) in [4.78, 5) is 4.73. The largest absolute Gasteiger partial charge is 0.497 e. The number of rotatable bonds is 7. The van der Waals surface area contributed by atoms with Crippen LogP contribution in [-0.2, 0) is 6.54 Å². The number of nitrogens with zero attached hydrogens (tertiary/aromatic N) is 3. The maximum Gasteiger partial charge on any atom is 0.248 e. The van der Waals surface area contributed by atoms with E-state index in [1.165, 1.54) is 0 Å². The molecule has 0 bridgehead atoms. The first-order valence-corrected chi connectivity index (χ1v) is 10.9. The van der Waals surface area contributed by atoms with Gasteiger partial charge in [-0.15, -0.1) is 0 Å². The van der Waals surface area contributed by atoms with Crippen molar-refractivity contribution in [3.8, 4) is 11.6 Å². The highest BCUT2D eigenvalue weighted by Crippen LogP contribution is 2.34. The van der Waals surface area contributed by atoms with Gasteiger partial charge in [-0.3, -0.25) is 0 Å². The van der Waals surface area contributed by atoms with Gasteiger partial charge in [0.25, 0.3) is 0 Å². The molecule has 0 unspecified atom stereocenters. The summed E-state index contributed by atoms with van der Waals surface area (Å²) in [5.41, 5.74) is 3.87. The average Bonchev–Trinajstić information content (AvgIpc) is 3.12. The quantitative estimate of drug-likeness (QED) is 0.507. The first kappa shape index (κ1) is 22.0. The molecule has 1 aliphatic rings. The highest BCUT2D eigenvalue weighted by molar-refractivity contribution is 5.57. The Morgan fingerprint density at radius 3 is 2.44 bits per heavy atom. The number of aromatic nitrogens is 3. The molecule has 2 N–H and O–H groups in total. The van der Waals surface area contributed by atoms with Crippen molar-refractivity contribution in [3.63, 3.8) is 0 Å². The van der Waals surface area contributed by atoms with Gasteiger partial charge >= 0.3 is 0 Å². The van der Waals surface area contributed by atoms with Gasteiger partial charge < -0.3 is 15.4 Å². The van der Waals surface area contributed by atoms with Gasteiger partial charge in [-0.05, 0) is 50.5 Å². The third kappa shape index (κ3) is 5.36. The van der Waals surface area contributed by atoms with Crippen molar-refractivity contribution < 1.29 is 13.5 Å². The Kier molecular flexibility index (Phi) is 6.30. The molecule has 1 aliphatic carbocycles. The number of nitrogens with one attached hydrogen (secondary N) is 2. The molecule has 2 aromatic heterocycles. The van der Waals surface area contributed by atoms with Gasteiger partial charge in [-0.2, -0.15) is 5.10 Å². The van der Waals surface area contributed by atoms with Crippen LogP contribution < -0.4 is 15.4 Å². The molecule has 0 amide bonds. The lowest BCUT2D eigenvalue weighted by Gasteiger charge is -2.29. The van der Waals surface area contributed by atoms with Crippen LogP contribution in [0.25, 0.3) is 5.82 Å². The summed E-state index contributed by atoms with van der Waals surface area (Å²) in [6.07, 6.45) is 0.662. The molecule has 1 aromatic carbocycles. The number of benzene rings is 1. The molecule has 0 aliphatic heterocycles. The summed E-state index contributed by atoms with van der Waals surface area (Å²) in [5.74, 6) is -0.405. The number of alkyl halides is 2. The van der Waals surface area contributed by atoms with Crippen LogP contribution in [0.2, 0.25) is 0 Å². The Morgan fingerprint density at radius 1 is 1.09 bits per heavy atom. The smallest absolute Gasteiger partial charge is 0.248 e. The zero-order chi connectivity index (χ0) is 22.7. The van der Waals surface area contributed by atoms with E-state index >= 15 is 0 Å². The van der Waals surface area contributed by atoms with E-state index < -0.39 is 5.92 Å². The predicted molar refractivity (Wildman–Crippen MR) is 122 cm³/mol. The maximum absolute atomic E-state index is 13.5. The molecule has 4 rings (SSSR count). The number of hydrogen-bond acceptors (Lipinski definition) is 5. The van der Waals surface area contributed by atoms with E-state index in [1.54, 1.807) is 11.8 Å². The van der Waals surface area contributed by atoms with E-state index in [0.717, 1.165) is 28.4 Å². The normalized spacial score (nSPS) is 16.0. The molecular formula is C24H29F2N5O. The lowest BCUT2D eigenvalue weighted by Crippen LogP contribution is -2.32. The summed E-state index contributed by atoms with van der Waals surface area (Å²) in [6, 6.07) is 13.7. The SMILES string of the molecule is COc1ccc(CNc2cc(NC3CCC(F)(F)CC3)nc(-n3nc(C)cc3C)c2)cc1. The molecule has 0 atom stereocenters. The van der Waals surface area contributed by atoms with Crippen LogP contribution in [0.3, 0.4) is 0 Å². The van der Waals surface area contributed by atoms with Crippen LogP contribution in [0.4, 0.5) is 20.3 Å². The highest BCUT2D eigenvalue weighted by Gasteiger charge is 2.35. The minimum Gasteiger partial charge on any atom is -0.497 e. The standard InChI is InChI=1S/C24H29F2N5O/c1-16-12-17(2)31(30-16)23-14-20(27-15-18-4-6-21(32-3)7-5-18)13-22(29-23)28-19-8-10-24(25,26)11-9-19/h4-7,12-14,19H,8-11,15H2,1-3H3,(H2,27,28,29). The van der Waals surface area contributed by atoms with Crippen LogP contribution in [0.15, 0.2) is 42.5 Å². The molecule has 8 heteroatoms. The molecule has 170 valence electrons. The molecule has 2 heterocycles. The summed E-state index contributed by atoms with van der Waals surface area (Å²) in [5, 5.41) is 11.4. The van der Waals surface area contributed by atoms with Crippen molar-refractivity contribution >= 4 is 11.5 Å². The Hall–Kier alpha value is -3.16. The number of hydrogen-bond donors (Lipinski definition) is 2. The van der Waals surface area contributed by atoms with Crippen molar-refractivity contribution in [2.24, 2.45) is 0 Å². The molecule has 6 nitrogen and oxygen atoms in total. The van der Waals surface area contributed by atoms with Gasteiger partial charge in [0, 0.05) is 48.9 Å². The van der Waals surface area contributed by atoms with Crippen molar-refractivity contribution in [2.75, 3.05) is 17.7 Å². The van der Waals surface area contributed by atoms with Gasteiger partial charge in [0.05, 0.1) is 12.8 Å². The lowest BCUT2D eigenvalue weighted by atomic mass is 9.92. The second-order valence-electron chi connectivity index (χ2n) is 8.41. The Bertz CT molecular complexity index is 1050. The number of ether oxygens (including phenoxy) is 1. The summed E-state index contributed by atoms with van der Waals surface area (Å²) < 4.78 is 34.1. The molecule has 0 saturated heterocycles. The monoisotopic (exact) mass is 441 g/mol. The van der Waals surface area contributed by atoms with Crippen molar-refractivity contribution in [1.29, 1.82) is 0 Å². The first-order valence-electron chi connectivity index (χ1n) is 10.9. The van der Waals surface area contributed by atoms with E-state index in [2.05, 4.69) is 15.7 Å². The lowest BCUT2D eigenvalue weighted by molar-refractivity contribution is -0.0361. The fourth-order valence-corrected chi connectivity index (χ4v) is 4.00. The maximum atomic E-state index is 13.5. The van der Waals surface area contributed by atoms with Crippen LogP contribution in [0, 0.1) is 13.8 Å². The molecule has 0 radical (unpaired) electrons. The zero-order valence-corrected chi connectivity index (χ0v) is 18.7. The number of aryl methyl sites for hydroxylation is 2. The Balaban J connectivity index is 1.56. The van der Waals surface area contributed by atoms with Crippen molar-refractivity contribution in [2.45, 2.75) is 58.0 Å². The third-order valence-corrected chi connectivity index (χ3v) is 5.76. The van der Waals surface area contributed by atoms with Gasteiger partial charge in [0.2, 0.25) is 5.92 Å². The molecule has 1 saturated carbocycles. The predicted octanol–water partition coefficient (Wildman–Crippen LogP) is 5.49. The number of halogens is 2. The fourth-order valence-electron chi connectivity index (χ4n) is 4.00. The number of methoxy groups -OCH3 is 1. The molecule has 1 fully saturated rings. The zero-order valence-electron chi connectivity index (χ0n) is 18.7. The number of pyridine rings is 1. The van der Waals surface area contributed by atoms with E-state index in [9.17, 15) is 8.78 Å². The van der Waals surface area contributed by atoms with Gasteiger partial charge in [-0.1, -0.05) is 12.1 Å². The minimum atomic E-state index is -2.55.